The van der Waals surface area contributed by atoms with Gasteiger partial charge in [-0.15, -0.1) is 0 Å². The van der Waals surface area contributed by atoms with Gasteiger partial charge in [0.05, 0.1) is 0 Å². The lowest BCUT2D eigenvalue weighted by atomic mass is 9.91. The first kappa shape index (κ1) is 14.4. The minimum atomic E-state index is -0.332. The summed E-state index contributed by atoms with van der Waals surface area (Å²) in [5.41, 5.74) is 0. The minimum absolute atomic E-state index is 0.0627. The topological polar surface area (TPSA) is 49.4 Å². The predicted molar refractivity (Wildman–Crippen MR) is 74.5 cm³/mol. The van der Waals surface area contributed by atoms with E-state index in [1.807, 2.05) is 11.8 Å². The van der Waals surface area contributed by atoms with Gasteiger partial charge in [0.1, 0.15) is 12.1 Å². The molecule has 19 heavy (non-hydrogen) atoms. The van der Waals surface area contributed by atoms with Crippen LogP contribution in [0.2, 0.25) is 0 Å². The van der Waals surface area contributed by atoms with Crippen molar-refractivity contribution < 1.29 is 9.59 Å². The van der Waals surface area contributed by atoms with Crippen LogP contribution in [-0.4, -0.2) is 34.8 Å². The third-order valence-electron chi connectivity index (χ3n) is 4.73. The van der Waals surface area contributed by atoms with Gasteiger partial charge in [0.15, 0.2) is 0 Å². The van der Waals surface area contributed by atoms with Crippen molar-refractivity contribution in [2.45, 2.75) is 71.5 Å². The molecule has 4 heteroatoms. The molecule has 0 aromatic rings. The van der Waals surface area contributed by atoms with E-state index in [1.54, 1.807) is 0 Å². The Bertz CT molecular complexity index is 365. The van der Waals surface area contributed by atoms with Crippen LogP contribution in [0.3, 0.4) is 0 Å². The smallest absolute Gasteiger partial charge is 0.246 e. The van der Waals surface area contributed by atoms with E-state index in [4.69, 9.17) is 0 Å². The molecule has 0 radical (unpaired) electrons. The van der Waals surface area contributed by atoms with Gasteiger partial charge in [0.25, 0.3) is 0 Å². The summed E-state index contributed by atoms with van der Waals surface area (Å²) in [4.78, 5) is 27.0. The third-order valence-corrected chi connectivity index (χ3v) is 4.73. The summed E-state index contributed by atoms with van der Waals surface area (Å²) in [5.74, 6) is 0.770. The zero-order valence-corrected chi connectivity index (χ0v) is 12.5. The Morgan fingerprint density at radius 1 is 1.21 bits per heavy atom. The standard InChI is InChI=1S/C15H26N2O2/c1-5-9(3)12-15(19)17(10(4)6-2)13(11-7-8-11)14(18)16-12/h9-13H,5-8H2,1-4H3,(H,16,18). The maximum absolute atomic E-state index is 12.7. The van der Waals surface area contributed by atoms with Crippen LogP contribution in [0.15, 0.2) is 0 Å². The highest BCUT2D eigenvalue weighted by Crippen LogP contribution is 2.38. The van der Waals surface area contributed by atoms with Gasteiger partial charge in [-0.25, -0.2) is 0 Å². The molecule has 4 atom stereocenters. The Hall–Kier alpha value is -1.06. The second kappa shape index (κ2) is 5.51. The molecule has 2 amide bonds. The highest BCUT2D eigenvalue weighted by Gasteiger charge is 2.49. The molecule has 4 nitrogen and oxygen atoms in total. The summed E-state index contributed by atoms with van der Waals surface area (Å²) < 4.78 is 0. The summed E-state index contributed by atoms with van der Waals surface area (Å²) in [6, 6.07) is -0.403. The number of amides is 2. The van der Waals surface area contributed by atoms with Crippen molar-refractivity contribution in [3.63, 3.8) is 0 Å². The Balaban J connectivity index is 2.25. The van der Waals surface area contributed by atoms with Crippen LogP contribution in [0, 0.1) is 11.8 Å². The van der Waals surface area contributed by atoms with Crippen LogP contribution < -0.4 is 5.32 Å². The molecule has 0 bridgehead atoms. The van der Waals surface area contributed by atoms with E-state index in [9.17, 15) is 9.59 Å². The van der Waals surface area contributed by atoms with E-state index in [2.05, 4.69) is 26.1 Å². The van der Waals surface area contributed by atoms with Crippen molar-refractivity contribution in [2.24, 2.45) is 11.8 Å². The molecule has 4 unspecified atom stereocenters. The van der Waals surface area contributed by atoms with Gasteiger partial charge in [-0.1, -0.05) is 27.2 Å². The number of nitrogens with one attached hydrogen (secondary N) is 1. The molecule has 1 heterocycles. The van der Waals surface area contributed by atoms with Crippen molar-refractivity contribution in [3.8, 4) is 0 Å². The number of piperazine rings is 1. The van der Waals surface area contributed by atoms with E-state index in [1.165, 1.54) is 0 Å². The lowest BCUT2D eigenvalue weighted by molar-refractivity contribution is -0.154. The Labute approximate surface area is 115 Å². The molecule has 1 aliphatic heterocycles. The van der Waals surface area contributed by atoms with Gasteiger partial charge in [-0.2, -0.15) is 0 Å². The van der Waals surface area contributed by atoms with Crippen LogP contribution >= 0.6 is 0 Å². The Kier molecular flexibility index (Phi) is 4.16. The number of nitrogens with zero attached hydrogens (tertiary/aromatic N) is 1. The maximum atomic E-state index is 12.7. The molecule has 2 fully saturated rings. The van der Waals surface area contributed by atoms with Crippen LogP contribution in [0.4, 0.5) is 0 Å². The van der Waals surface area contributed by atoms with Gasteiger partial charge in [0.2, 0.25) is 11.8 Å². The van der Waals surface area contributed by atoms with Gasteiger partial charge >= 0.3 is 0 Å². The van der Waals surface area contributed by atoms with E-state index in [0.717, 1.165) is 25.7 Å². The number of carbonyl (C=O) groups excluding carboxylic acids is 2. The molecule has 2 aliphatic rings. The van der Waals surface area contributed by atoms with Crippen molar-refractivity contribution in [2.75, 3.05) is 0 Å². The van der Waals surface area contributed by atoms with E-state index in [-0.39, 0.29) is 35.9 Å². The molecular formula is C15H26N2O2. The summed E-state index contributed by atoms with van der Waals surface area (Å²) >= 11 is 0. The van der Waals surface area contributed by atoms with Gasteiger partial charge in [0, 0.05) is 6.04 Å². The fraction of sp³-hybridized carbons (Fsp3) is 0.867. The van der Waals surface area contributed by atoms with E-state index >= 15 is 0 Å². The fourth-order valence-electron chi connectivity index (χ4n) is 2.89. The fourth-order valence-corrected chi connectivity index (χ4v) is 2.89. The first-order chi connectivity index (χ1) is 9.01. The number of hydrogen-bond acceptors (Lipinski definition) is 2. The molecule has 2 rings (SSSR count). The van der Waals surface area contributed by atoms with Crippen molar-refractivity contribution in [1.29, 1.82) is 0 Å². The van der Waals surface area contributed by atoms with Crippen LogP contribution in [0.25, 0.3) is 0 Å². The summed E-state index contributed by atoms with van der Waals surface area (Å²) in [7, 11) is 0. The first-order valence-electron chi connectivity index (χ1n) is 7.63. The summed E-state index contributed by atoms with van der Waals surface area (Å²) in [6.45, 7) is 8.23. The van der Waals surface area contributed by atoms with Crippen molar-refractivity contribution >= 4 is 11.8 Å². The third kappa shape index (κ3) is 2.63. The molecule has 1 saturated heterocycles. The molecule has 1 aliphatic carbocycles. The quantitative estimate of drug-likeness (QED) is 0.826. The molecule has 1 saturated carbocycles. The van der Waals surface area contributed by atoms with E-state index < -0.39 is 0 Å². The Morgan fingerprint density at radius 2 is 1.84 bits per heavy atom. The predicted octanol–water partition coefficient (Wildman–Crippen LogP) is 1.94. The number of hydrogen-bond donors (Lipinski definition) is 1. The highest BCUT2D eigenvalue weighted by atomic mass is 16.2. The zero-order valence-electron chi connectivity index (χ0n) is 12.5. The lowest BCUT2D eigenvalue weighted by Crippen LogP contribution is -2.67. The molecule has 1 N–H and O–H groups in total. The van der Waals surface area contributed by atoms with Crippen molar-refractivity contribution in [3.05, 3.63) is 0 Å². The summed E-state index contributed by atoms with van der Waals surface area (Å²) in [6.07, 6.45) is 3.95. The average molecular weight is 266 g/mol. The second-order valence-corrected chi connectivity index (χ2v) is 6.16. The monoisotopic (exact) mass is 266 g/mol. The summed E-state index contributed by atoms with van der Waals surface area (Å²) in [5, 5.41) is 2.97. The van der Waals surface area contributed by atoms with Gasteiger partial charge in [-0.05, 0) is 38.0 Å². The Morgan fingerprint density at radius 3 is 2.32 bits per heavy atom. The van der Waals surface area contributed by atoms with Crippen LogP contribution in [0.1, 0.15) is 53.4 Å². The molecule has 108 valence electrons. The van der Waals surface area contributed by atoms with Gasteiger partial charge in [-0.3, -0.25) is 9.59 Å². The normalized spacial score (nSPS) is 31.1. The SMILES string of the molecule is CCC(C)C1NC(=O)C(C2CC2)N(C(C)CC)C1=O. The van der Waals surface area contributed by atoms with E-state index in [0.29, 0.717) is 5.92 Å². The maximum Gasteiger partial charge on any atom is 0.246 e. The minimum Gasteiger partial charge on any atom is -0.342 e. The first-order valence-corrected chi connectivity index (χ1v) is 7.63. The van der Waals surface area contributed by atoms with Crippen LogP contribution in [0.5, 0.6) is 0 Å². The van der Waals surface area contributed by atoms with Crippen molar-refractivity contribution in [1.82, 2.24) is 10.2 Å². The number of rotatable bonds is 5. The largest absolute Gasteiger partial charge is 0.342 e. The molecule has 0 aromatic carbocycles. The molecular weight excluding hydrogens is 240 g/mol. The second-order valence-electron chi connectivity index (χ2n) is 6.16. The zero-order chi connectivity index (χ0) is 14.2. The number of carbonyl (C=O) groups is 2. The lowest BCUT2D eigenvalue weighted by Gasteiger charge is -2.44. The molecule has 0 spiro atoms. The average Bonchev–Trinajstić information content (AvgIpc) is 3.22. The van der Waals surface area contributed by atoms with Gasteiger partial charge < -0.3 is 10.2 Å². The van der Waals surface area contributed by atoms with Crippen LogP contribution in [-0.2, 0) is 9.59 Å². The highest BCUT2D eigenvalue weighted by molar-refractivity contribution is 5.97. The molecule has 0 aromatic heterocycles.